The van der Waals surface area contributed by atoms with Crippen LogP contribution in [0, 0.1) is 25.5 Å². The van der Waals surface area contributed by atoms with Gasteiger partial charge in [-0.2, -0.15) is 4.98 Å². The monoisotopic (exact) mass is 526 g/mol. The van der Waals surface area contributed by atoms with Gasteiger partial charge in [-0.3, -0.25) is 4.98 Å². The lowest BCUT2D eigenvalue weighted by molar-refractivity contribution is 0.470. The van der Waals surface area contributed by atoms with Gasteiger partial charge >= 0.3 is 5.69 Å². The quantitative estimate of drug-likeness (QED) is 0.273. The van der Waals surface area contributed by atoms with Crippen molar-refractivity contribution in [3.63, 3.8) is 0 Å². The molecule has 0 atom stereocenters. The predicted molar refractivity (Wildman–Crippen MR) is 148 cm³/mol. The second-order valence-corrected chi connectivity index (χ2v) is 9.92. The fourth-order valence-electron chi connectivity index (χ4n) is 4.88. The number of phenolic OH excluding ortho intramolecular Hbond substituents is 1. The van der Waals surface area contributed by atoms with Gasteiger partial charge in [0.2, 0.25) is 0 Å². The molecule has 0 radical (unpaired) electrons. The molecule has 0 amide bonds. The Balaban J connectivity index is 1.98. The Morgan fingerprint density at radius 2 is 1.72 bits per heavy atom. The van der Waals surface area contributed by atoms with Crippen LogP contribution in [-0.2, 0) is 6.42 Å². The first-order valence-electron chi connectivity index (χ1n) is 12.8. The van der Waals surface area contributed by atoms with E-state index in [4.69, 9.17) is 0 Å². The number of rotatable bonds is 5. The van der Waals surface area contributed by atoms with Crippen molar-refractivity contribution in [3.05, 3.63) is 99.2 Å². The molecular weight excluding hydrogens is 498 g/mol. The summed E-state index contributed by atoms with van der Waals surface area (Å²) < 4.78 is 32.0. The van der Waals surface area contributed by atoms with Gasteiger partial charge in [0.05, 0.1) is 22.6 Å². The number of benzene rings is 2. The molecule has 0 bridgehead atoms. The molecule has 0 saturated carbocycles. The molecule has 198 valence electrons. The van der Waals surface area contributed by atoms with Gasteiger partial charge in [0.1, 0.15) is 17.3 Å². The average molecular weight is 527 g/mol. The zero-order chi connectivity index (χ0) is 28.0. The fourth-order valence-corrected chi connectivity index (χ4v) is 4.88. The van der Waals surface area contributed by atoms with Crippen LogP contribution in [0.25, 0.3) is 39.2 Å². The summed E-state index contributed by atoms with van der Waals surface area (Å²) in [5.41, 5.74) is 3.39. The lowest BCUT2D eigenvalue weighted by atomic mass is 9.98. The van der Waals surface area contributed by atoms with Crippen LogP contribution in [0.5, 0.6) is 5.75 Å². The maximum absolute atomic E-state index is 15.8. The Labute approximate surface area is 224 Å². The predicted octanol–water partition coefficient (Wildman–Crippen LogP) is 6.80. The summed E-state index contributed by atoms with van der Waals surface area (Å²) in [7, 11) is 0. The highest BCUT2D eigenvalue weighted by atomic mass is 19.1. The highest BCUT2D eigenvalue weighted by molar-refractivity contribution is 5.94. The molecule has 0 saturated heterocycles. The van der Waals surface area contributed by atoms with Crippen LogP contribution in [0.15, 0.2) is 59.5 Å². The minimum Gasteiger partial charge on any atom is -0.507 e. The Bertz CT molecular complexity index is 1790. The molecule has 3 heterocycles. The van der Waals surface area contributed by atoms with Gasteiger partial charge in [-0.1, -0.05) is 39.0 Å². The minimum atomic E-state index is -0.854. The lowest BCUT2D eigenvalue weighted by Gasteiger charge is -2.20. The molecule has 1 N–H and O–H groups in total. The second-order valence-electron chi connectivity index (χ2n) is 9.92. The van der Waals surface area contributed by atoms with Crippen molar-refractivity contribution < 1.29 is 13.9 Å². The van der Waals surface area contributed by atoms with E-state index in [0.717, 1.165) is 29.2 Å². The minimum absolute atomic E-state index is 0.0551. The van der Waals surface area contributed by atoms with Gasteiger partial charge in [0, 0.05) is 17.1 Å². The van der Waals surface area contributed by atoms with Crippen molar-refractivity contribution in [2.75, 3.05) is 0 Å². The van der Waals surface area contributed by atoms with E-state index in [9.17, 15) is 14.3 Å². The van der Waals surface area contributed by atoms with E-state index >= 15 is 4.39 Å². The molecular formula is C31H28F2N4O2. The Morgan fingerprint density at radius 1 is 0.949 bits per heavy atom. The van der Waals surface area contributed by atoms with E-state index in [1.807, 2.05) is 52.8 Å². The van der Waals surface area contributed by atoms with Crippen molar-refractivity contribution in [2.24, 2.45) is 0 Å². The van der Waals surface area contributed by atoms with Gasteiger partial charge in [-0.25, -0.2) is 23.1 Å². The van der Waals surface area contributed by atoms with Crippen LogP contribution in [0.3, 0.4) is 0 Å². The van der Waals surface area contributed by atoms with E-state index in [1.54, 1.807) is 12.3 Å². The van der Waals surface area contributed by atoms with E-state index in [0.29, 0.717) is 16.9 Å². The molecule has 2 aromatic carbocycles. The Hall–Kier alpha value is -4.46. The van der Waals surface area contributed by atoms with Crippen molar-refractivity contribution in [3.8, 4) is 34.0 Å². The first-order valence-corrected chi connectivity index (χ1v) is 12.8. The number of aryl methyl sites for hydroxylation is 3. The summed E-state index contributed by atoms with van der Waals surface area (Å²) in [6.45, 7) is 9.67. The van der Waals surface area contributed by atoms with Gasteiger partial charge in [0.25, 0.3) is 0 Å². The van der Waals surface area contributed by atoms with Crippen LogP contribution in [0.1, 0.15) is 49.1 Å². The summed E-state index contributed by atoms with van der Waals surface area (Å²) >= 11 is 0. The number of hydrogen-bond acceptors (Lipinski definition) is 5. The number of aromatic hydroxyl groups is 1. The summed E-state index contributed by atoms with van der Waals surface area (Å²) in [4.78, 5) is 27.3. The molecule has 0 aliphatic rings. The number of hydrogen-bond donors (Lipinski definition) is 1. The molecule has 6 nitrogen and oxygen atoms in total. The van der Waals surface area contributed by atoms with Crippen molar-refractivity contribution >= 4 is 11.0 Å². The Kier molecular flexibility index (Phi) is 6.72. The smallest absolute Gasteiger partial charge is 0.354 e. The van der Waals surface area contributed by atoms with E-state index in [-0.39, 0.29) is 28.2 Å². The number of phenols is 1. The molecule has 3 aromatic heterocycles. The number of halogens is 2. The second kappa shape index (κ2) is 10.0. The third-order valence-electron chi connectivity index (χ3n) is 6.94. The van der Waals surface area contributed by atoms with Crippen LogP contribution >= 0.6 is 0 Å². The molecule has 39 heavy (non-hydrogen) atoms. The first-order chi connectivity index (χ1) is 18.6. The van der Waals surface area contributed by atoms with Crippen LogP contribution < -0.4 is 5.69 Å². The summed E-state index contributed by atoms with van der Waals surface area (Å²) in [6, 6.07) is 12.5. The number of nitrogens with zero attached hydrogens (tertiary/aromatic N) is 4. The molecule has 0 fully saturated rings. The standard InChI is InChI=1S/C31H28F2N4O2/c1-6-19-11-10-17(4)20(14-19)27-21-15-23(33)28(25-22(32)8-7-9-24(25)38)35-30(21)37(31(39)36-27)29-18(5)12-13-34-26(29)16(2)3/h7-16,38H,6H2,1-5H3. The van der Waals surface area contributed by atoms with Crippen LogP contribution in [0.4, 0.5) is 8.78 Å². The SMILES string of the molecule is CCc1ccc(C)c(-c2nc(=O)n(-c3c(C)ccnc3C(C)C)c3nc(-c4c(O)cccc4F)c(F)cc23)c1. The van der Waals surface area contributed by atoms with Crippen molar-refractivity contribution in [1.82, 2.24) is 19.5 Å². The molecule has 0 aliphatic heterocycles. The third-order valence-corrected chi connectivity index (χ3v) is 6.94. The zero-order valence-corrected chi connectivity index (χ0v) is 22.4. The van der Waals surface area contributed by atoms with Crippen molar-refractivity contribution in [1.29, 1.82) is 0 Å². The Morgan fingerprint density at radius 3 is 2.41 bits per heavy atom. The van der Waals surface area contributed by atoms with E-state index in [2.05, 4.69) is 15.0 Å². The zero-order valence-electron chi connectivity index (χ0n) is 22.4. The molecule has 0 spiro atoms. The summed E-state index contributed by atoms with van der Waals surface area (Å²) in [6.07, 6.45) is 2.43. The molecule has 5 rings (SSSR count). The fraction of sp³-hybridized carbons (Fsp3) is 0.226. The van der Waals surface area contributed by atoms with Crippen LogP contribution in [-0.4, -0.2) is 24.6 Å². The first kappa shape index (κ1) is 26.2. The summed E-state index contributed by atoms with van der Waals surface area (Å²) in [5.74, 6) is -2.21. The molecule has 5 aromatic rings. The topological polar surface area (TPSA) is 80.9 Å². The highest BCUT2D eigenvalue weighted by Gasteiger charge is 2.25. The van der Waals surface area contributed by atoms with Gasteiger partial charge in [-0.15, -0.1) is 0 Å². The van der Waals surface area contributed by atoms with Crippen molar-refractivity contribution in [2.45, 2.75) is 47.0 Å². The average Bonchev–Trinajstić information content (AvgIpc) is 2.89. The van der Waals surface area contributed by atoms with Gasteiger partial charge in [0.15, 0.2) is 11.5 Å². The number of aromatic nitrogens is 4. The molecule has 0 aliphatic carbocycles. The van der Waals surface area contributed by atoms with E-state index in [1.165, 1.54) is 22.8 Å². The number of fused-ring (bicyclic) bond motifs is 1. The van der Waals surface area contributed by atoms with Crippen LogP contribution in [0.2, 0.25) is 0 Å². The molecule has 0 unspecified atom stereocenters. The number of pyridine rings is 2. The normalized spacial score (nSPS) is 11.5. The molecule has 8 heteroatoms. The third kappa shape index (κ3) is 4.46. The highest BCUT2D eigenvalue weighted by Crippen LogP contribution is 2.37. The van der Waals surface area contributed by atoms with Gasteiger partial charge < -0.3 is 5.11 Å². The lowest BCUT2D eigenvalue weighted by Crippen LogP contribution is -2.26. The van der Waals surface area contributed by atoms with E-state index < -0.39 is 28.8 Å². The summed E-state index contributed by atoms with van der Waals surface area (Å²) in [5, 5.41) is 10.7. The maximum atomic E-state index is 15.8. The van der Waals surface area contributed by atoms with Gasteiger partial charge in [-0.05, 0) is 73.2 Å². The largest absolute Gasteiger partial charge is 0.507 e. The maximum Gasteiger partial charge on any atom is 0.354 e.